The summed E-state index contributed by atoms with van der Waals surface area (Å²) in [6.45, 7) is 0.0242. The quantitative estimate of drug-likeness (QED) is 0.314. The smallest absolute Gasteiger partial charge is 0.406 e. The summed E-state index contributed by atoms with van der Waals surface area (Å²) in [4.78, 5) is 14.9. The first-order chi connectivity index (χ1) is 16.9. The molecule has 0 bridgehead atoms. The van der Waals surface area contributed by atoms with Crippen molar-refractivity contribution in [2.24, 2.45) is 0 Å². The fourth-order valence-electron chi connectivity index (χ4n) is 3.52. The molecule has 0 aliphatic carbocycles. The van der Waals surface area contributed by atoms with Gasteiger partial charge in [0, 0.05) is 30.8 Å². The zero-order valence-corrected chi connectivity index (χ0v) is 19.6. The van der Waals surface area contributed by atoms with Crippen LogP contribution in [-0.2, 0) is 19.1 Å². The van der Waals surface area contributed by atoms with Crippen LogP contribution < -0.4 is 10.1 Å². The van der Waals surface area contributed by atoms with E-state index in [9.17, 15) is 31.1 Å². The van der Waals surface area contributed by atoms with Gasteiger partial charge in [0.25, 0.3) is 5.91 Å². The number of hydrogen-bond acceptors (Lipinski definition) is 3. The van der Waals surface area contributed by atoms with Crippen LogP contribution in [0.1, 0.15) is 27.0 Å². The predicted octanol–water partition coefficient (Wildman–Crippen LogP) is 7.18. The number of nitrogens with one attached hydrogen (secondary N) is 1. The van der Waals surface area contributed by atoms with Gasteiger partial charge in [0.15, 0.2) is 0 Å². The first-order valence-electron chi connectivity index (χ1n) is 10.6. The molecule has 0 radical (unpaired) electrons. The maximum absolute atomic E-state index is 13.5. The Bertz CT molecular complexity index is 1200. The zero-order valence-electron chi connectivity index (χ0n) is 18.9. The fraction of sp³-hybridized carbons (Fsp3) is 0.240. The third-order valence-electron chi connectivity index (χ3n) is 5.22. The van der Waals surface area contributed by atoms with E-state index in [-0.39, 0.29) is 25.1 Å². The number of carbonyl (C=O) groups is 1. The molecule has 0 aliphatic heterocycles. The molecule has 0 aliphatic rings. The largest absolute Gasteiger partial charge is 0.573 e. The Labute approximate surface area is 208 Å². The molecular formula is C25H21ClF6N2O2. The molecule has 1 amide bonds. The Morgan fingerprint density at radius 3 is 2.25 bits per heavy atom. The molecule has 3 aromatic rings. The first-order valence-corrected chi connectivity index (χ1v) is 11.0. The average Bonchev–Trinajstić information content (AvgIpc) is 2.81. The summed E-state index contributed by atoms with van der Waals surface area (Å²) in [5, 5.41) is 3.20. The lowest BCUT2D eigenvalue weighted by Crippen LogP contribution is -2.33. The topological polar surface area (TPSA) is 41.6 Å². The van der Waals surface area contributed by atoms with E-state index in [0.717, 1.165) is 24.3 Å². The van der Waals surface area contributed by atoms with Gasteiger partial charge in [0.1, 0.15) is 5.75 Å². The van der Waals surface area contributed by atoms with Crippen molar-refractivity contribution in [3.8, 4) is 5.75 Å². The lowest BCUT2D eigenvalue weighted by atomic mass is 10.1. The van der Waals surface area contributed by atoms with Crippen molar-refractivity contribution in [3.63, 3.8) is 0 Å². The molecule has 0 unspecified atom stereocenters. The first kappa shape index (κ1) is 27.2. The summed E-state index contributed by atoms with van der Waals surface area (Å²) in [6.07, 6.45) is -9.24. The third-order valence-corrected chi connectivity index (χ3v) is 5.46. The van der Waals surface area contributed by atoms with E-state index in [1.54, 1.807) is 19.2 Å². The molecule has 0 spiro atoms. The summed E-state index contributed by atoms with van der Waals surface area (Å²) < 4.78 is 80.5. The maximum Gasteiger partial charge on any atom is 0.573 e. The molecule has 0 atom stereocenters. The van der Waals surface area contributed by atoms with Gasteiger partial charge in [-0.1, -0.05) is 41.9 Å². The van der Waals surface area contributed by atoms with Gasteiger partial charge in [-0.25, -0.2) is 0 Å². The summed E-state index contributed by atoms with van der Waals surface area (Å²) in [7, 11) is 1.62. The molecule has 11 heteroatoms. The Morgan fingerprint density at radius 1 is 0.944 bits per heavy atom. The minimum Gasteiger partial charge on any atom is -0.406 e. The Balaban J connectivity index is 1.87. The Hall–Kier alpha value is -3.40. The van der Waals surface area contributed by atoms with Gasteiger partial charge in [-0.15, -0.1) is 13.2 Å². The lowest BCUT2D eigenvalue weighted by Gasteiger charge is -2.25. The van der Waals surface area contributed by atoms with Gasteiger partial charge in [-0.2, -0.15) is 13.2 Å². The van der Waals surface area contributed by atoms with Crippen molar-refractivity contribution in [1.29, 1.82) is 0 Å². The number of amides is 1. The minimum absolute atomic E-state index is 0.0141. The van der Waals surface area contributed by atoms with E-state index >= 15 is 0 Å². The van der Waals surface area contributed by atoms with Crippen LogP contribution in [0.5, 0.6) is 5.75 Å². The number of benzene rings is 3. The summed E-state index contributed by atoms with van der Waals surface area (Å²) >= 11 is 6.08. The van der Waals surface area contributed by atoms with Crippen LogP contribution >= 0.6 is 11.6 Å². The molecule has 0 fully saturated rings. The highest BCUT2D eigenvalue weighted by Crippen LogP contribution is 2.30. The molecule has 192 valence electrons. The lowest BCUT2D eigenvalue weighted by molar-refractivity contribution is -0.274. The standard InChI is InChI=1S/C25H21ClF6N2O2/c1-33-22-10-7-19(26)14-21(22)23(35)34(12-11-16-3-2-4-18(13-16)24(27,28)29)15-17-5-8-20(9-6-17)36-25(30,31)32/h2-10,13-14,33H,11-12,15H2,1H3. The summed E-state index contributed by atoms with van der Waals surface area (Å²) in [5.41, 5.74) is 0.797. The molecule has 36 heavy (non-hydrogen) atoms. The van der Waals surface area contributed by atoms with Crippen LogP contribution in [0.2, 0.25) is 5.02 Å². The highest BCUT2D eigenvalue weighted by atomic mass is 35.5. The fourth-order valence-corrected chi connectivity index (χ4v) is 3.69. The molecule has 1 N–H and O–H groups in total. The Morgan fingerprint density at radius 2 is 1.64 bits per heavy atom. The van der Waals surface area contributed by atoms with E-state index < -0.39 is 29.8 Å². The molecule has 3 rings (SSSR count). The normalized spacial score (nSPS) is 11.8. The number of anilines is 1. The number of halogens is 7. The number of alkyl halides is 6. The van der Waals surface area contributed by atoms with E-state index in [4.69, 9.17) is 11.6 Å². The molecule has 3 aromatic carbocycles. The highest BCUT2D eigenvalue weighted by Gasteiger charge is 2.31. The van der Waals surface area contributed by atoms with Crippen LogP contribution in [0.4, 0.5) is 32.0 Å². The highest BCUT2D eigenvalue weighted by molar-refractivity contribution is 6.31. The van der Waals surface area contributed by atoms with E-state index in [0.29, 0.717) is 21.8 Å². The van der Waals surface area contributed by atoms with Gasteiger partial charge >= 0.3 is 12.5 Å². The van der Waals surface area contributed by atoms with Crippen molar-refractivity contribution in [2.75, 3.05) is 18.9 Å². The van der Waals surface area contributed by atoms with Crippen LogP contribution in [0.25, 0.3) is 0 Å². The van der Waals surface area contributed by atoms with Crippen molar-refractivity contribution in [3.05, 3.63) is 94.0 Å². The van der Waals surface area contributed by atoms with E-state index in [1.807, 2.05) is 0 Å². The summed E-state index contributed by atoms with van der Waals surface area (Å²) in [5.74, 6) is -0.871. The van der Waals surface area contributed by atoms with E-state index in [1.165, 1.54) is 35.2 Å². The number of carbonyl (C=O) groups excluding carboxylic acids is 1. The maximum atomic E-state index is 13.5. The number of rotatable bonds is 8. The van der Waals surface area contributed by atoms with Crippen molar-refractivity contribution >= 4 is 23.2 Å². The van der Waals surface area contributed by atoms with Crippen LogP contribution in [0.3, 0.4) is 0 Å². The van der Waals surface area contributed by atoms with Crippen molar-refractivity contribution in [2.45, 2.75) is 25.5 Å². The van der Waals surface area contributed by atoms with Crippen LogP contribution in [-0.4, -0.2) is 30.8 Å². The zero-order chi connectivity index (χ0) is 26.5. The second kappa shape index (κ2) is 11.1. The Kier molecular flexibility index (Phi) is 8.39. The molecule has 0 saturated heterocycles. The molecule has 0 aromatic heterocycles. The minimum atomic E-state index is -4.84. The second-order valence-electron chi connectivity index (χ2n) is 7.81. The van der Waals surface area contributed by atoms with Gasteiger partial charge in [-0.05, 0) is 53.9 Å². The van der Waals surface area contributed by atoms with Gasteiger partial charge < -0.3 is 15.0 Å². The van der Waals surface area contributed by atoms with Gasteiger partial charge in [0.2, 0.25) is 0 Å². The van der Waals surface area contributed by atoms with Gasteiger partial charge in [-0.3, -0.25) is 4.79 Å². The SMILES string of the molecule is CNc1ccc(Cl)cc1C(=O)N(CCc1cccc(C(F)(F)F)c1)Cc1ccc(OC(F)(F)F)cc1. The number of nitrogens with zero attached hydrogens (tertiary/aromatic N) is 1. The number of ether oxygens (including phenoxy) is 1. The molecule has 0 saturated carbocycles. The second-order valence-corrected chi connectivity index (χ2v) is 8.24. The molecule has 4 nitrogen and oxygen atoms in total. The third kappa shape index (κ3) is 7.55. The predicted molar refractivity (Wildman–Crippen MR) is 124 cm³/mol. The van der Waals surface area contributed by atoms with Crippen molar-refractivity contribution in [1.82, 2.24) is 4.90 Å². The van der Waals surface area contributed by atoms with Crippen LogP contribution in [0.15, 0.2) is 66.7 Å². The monoisotopic (exact) mass is 530 g/mol. The average molecular weight is 531 g/mol. The van der Waals surface area contributed by atoms with Crippen LogP contribution in [0, 0.1) is 0 Å². The van der Waals surface area contributed by atoms with E-state index in [2.05, 4.69) is 10.1 Å². The van der Waals surface area contributed by atoms with Crippen molar-refractivity contribution < 1.29 is 35.9 Å². The molecular weight excluding hydrogens is 510 g/mol. The number of hydrogen-bond donors (Lipinski definition) is 1. The summed E-state index contributed by atoms with van der Waals surface area (Å²) in [6, 6.07) is 14.5. The molecule has 0 heterocycles. The van der Waals surface area contributed by atoms with Gasteiger partial charge in [0.05, 0.1) is 11.1 Å².